The van der Waals surface area contributed by atoms with Crippen molar-refractivity contribution in [2.75, 3.05) is 31.1 Å². The van der Waals surface area contributed by atoms with E-state index in [-0.39, 0.29) is 58.7 Å². The fourth-order valence-electron chi connectivity index (χ4n) is 4.10. The molecule has 2 fully saturated rings. The summed E-state index contributed by atoms with van der Waals surface area (Å²) < 4.78 is 23.4. The molecule has 2 unspecified atom stereocenters. The summed E-state index contributed by atoms with van der Waals surface area (Å²) in [6, 6.07) is 0. The monoisotopic (exact) mass is 461 g/mol. The first-order chi connectivity index (χ1) is 13.4. The minimum atomic E-state index is -3.01. The Morgan fingerprint density at radius 2 is 1.76 bits per heavy atom. The van der Waals surface area contributed by atoms with Gasteiger partial charge in [0.15, 0.2) is 21.4 Å². The van der Waals surface area contributed by atoms with Gasteiger partial charge in [0.1, 0.15) is 11.3 Å². The number of hydrogen-bond acceptors (Lipinski definition) is 6. The van der Waals surface area contributed by atoms with E-state index in [0.717, 1.165) is 0 Å². The molecule has 160 valence electrons. The Bertz CT molecular complexity index is 903. The Morgan fingerprint density at radius 1 is 1.21 bits per heavy atom. The number of aliphatic hydroxyl groups excluding tert-OH is 1. The molecule has 2 atom stereocenters. The molecule has 3 aliphatic rings. The van der Waals surface area contributed by atoms with Gasteiger partial charge in [-0.2, -0.15) is 0 Å². The highest BCUT2D eigenvalue weighted by molar-refractivity contribution is 7.91. The molecule has 1 heterocycles. The molecule has 1 saturated heterocycles. The summed E-state index contributed by atoms with van der Waals surface area (Å²) >= 11 is 13.2. The summed E-state index contributed by atoms with van der Waals surface area (Å²) in [4.78, 5) is 26.8. The van der Waals surface area contributed by atoms with Gasteiger partial charge in [0.2, 0.25) is 0 Å². The highest BCUT2D eigenvalue weighted by Gasteiger charge is 2.44. The molecule has 0 aromatic carbocycles. The predicted molar refractivity (Wildman–Crippen MR) is 113 cm³/mol. The quantitative estimate of drug-likeness (QED) is 0.300. The maximum Gasteiger partial charge on any atom is 0.170 e. The summed E-state index contributed by atoms with van der Waals surface area (Å²) in [5.41, 5.74) is -0.705. The van der Waals surface area contributed by atoms with Crippen molar-refractivity contribution in [1.29, 1.82) is 0 Å². The number of nitrogens with zero attached hydrogens (tertiary/aromatic N) is 1. The molecule has 1 saturated carbocycles. The Balaban J connectivity index is 1.88. The van der Waals surface area contributed by atoms with Crippen molar-refractivity contribution in [3.05, 3.63) is 34.1 Å². The molecule has 0 bridgehead atoms. The smallest absolute Gasteiger partial charge is 0.170 e. The summed E-state index contributed by atoms with van der Waals surface area (Å²) in [6.07, 6.45) is 3.58. The first-order valence-electron chi connectivity index (χ1n) is 9.59. The molecule has 29 heavy (non-hydrogen) atoms. The first-order valence-corrected chi connectivity index (χ1v) is 12.2. The van der Waals surface area contributed by atoms with Gasteiger partial charge >= 0.3 is 0 Å². The van der Waals surface area contributed by atoms with Crippen LogP contribution < -0.4 is 0 Å². The van der Waals surface area contributed by atoms with E-state index in [1.807, 2.05) is 18.7 Å². The second-order valence-corrected chi connectivity index (χ2v) is 11.6. The maximum atomic E-state index is 12.4. The third-order valence-electron chi connectivity index (χ3n) is 5.91. The number of allylic oxidation sites excluding steroid dienone is 4. The topological polar surface area (TPSA) is 91.8 Å². The second kappa shape index (κ2) is 8.17. The van der Waals surface area contributed by atoms with Crippen molar-refractivity contribution in [2.45, 2.75) is 32.1 Å². The Hall–Kier alpha value is -1.15. The Labute approximate surface area is 181 Å². The van der Waals surface area contributed by atoms with Gasteiger partial charge < -0.3 is 10.0 Å². The van der Waals surface area contributed by atoms with Crippen LogP contribution in [0, 0.1) is 11.3 Å². The van der Waals surface area contributed by atoms with Crippen LogP contribution in [0.5, 0.6) is 0 Å². The van der Waals surface area contributed by atoms with Crippen LogP contribution in [-0.2, 0) is 19.4 Å². The van der Waals surface area contributed by atoms with Gasteiger partial charge in [0.25, 0.3) is 0 Å². The molecule has 0 aromatic heterocycles. The summed E-state index contributed by atoms with van der Waals surface area (Å²) in [5.74, 6) is -1.01. The number of alkyl halides is 1. The lowest BCUT2D eigenvalue weighted by atomic mass is 9.76. The number of sulfone groups is 1. The van der Waals surface area contributed by atoms with Crippen molar-refractivity contribution in [2.24, 2.45) is 11.3 Å². The van der Waals surface area contributed by atoms with Gasteiger partial charge in [-0.3, -0.25) is 9.59 Å². The molecule has 1 N–H and O–H groups in total. The third kappa shape index (κ3) is 4.48. The van der Waals surface area contributed by atoms with Crippen molar-refractivity contribution in [1.82, 2.24) is 4.90 Å². The normalized spacial score (nSPS) is 33.3. The van der Waals surface area contributed by atoms with E-state index < -0.39 is 20.6 Å². The fourth-order valence-corrected chi connectivity index (χ4v) is 6.03. The number of Topliss-reactive ketones (excluding diaryl/α,β-unsaturated/α-hetero) is 2. The predicted octanol–water partition coefficient (Wildman–Crippen LogP) is 2.77. The zero-order valence-electron chi connectivity index (χ0n) is 16.5. The van der Waals surface area contributed by atoms with Crippen LogP contribution in [-0.4, -0.2) is 66.5 Å². The van der Waals surface area contributed by atoms with Gasteiger partial charge in [-0.05, 0) is 12.0 Å². The van der Waals surface area contributed by atoms with E-state index >= 15 is 0 Å². The average molecular weight is 462 g/mol. The summed E-state index contributed by atoms with van der Waals surface area (Å²) in [5, 5.41) is 10.5. The number of ketones is 2. The summed E-state index contributed by atoms with van der Waals surface area (Å²) in [6.45, 7) is 4.82. The zero-order chi connectivity index (χ0) is 21.6. The lowest BCUT2D eigenvalue weighted by Gasteiger charge is -2.42. The Morgan fingerprint density at radius 3 is 2.31 bits per heavy atom. The molecule has 3 rings (SSSR count). The van der Waals surface area contributed by atoms with E-state index in [0.29, 0.717) is 24.7 Å². The van der Waals surface area contributed by atoms with Crippen LogP contribution >= 0.6 is 23.2 Å². The van der Waals surface area contributed by atoms with E-state index in [4.69, 9.17) is 23.2 Å². The van der Waals surface area contributed by atoms with Crippen LogP contribution in [0.2, 0.25) is 0 Å². The number of halogens is 2. The van der Waals surface area contributed by atoms with Crippen LogP contribution in [0.25, 0.3) is 0 Å². The molecular weight excluding hydrogens is 437 g/mol. The van der Waals surface area contributed by atoms with Crippen molar-refractivity contribution in [3.8, 4) is 0 Å². The molecule has 0 radical (unpaired) electrons. The number of carbonyl (C=O) groups is 2. The summed E-state index contributed by atoms with van der Waals surface area (Å²) in [7, 11) is -3.01. The SMILES string of the molecule is CC1CC(=O)C(=C(O)C2=CC=C(Cl)C(C)(CN3CCS(=O)(=O)CC3)C2Cl)C(=O)C1. The minimum absolute atomic E-state index is 0.0475. The van der Waals surface area contributed by atoms with Crippen molar-refractivity contribution >= 4 is 44.6 Å². The largest absolute Gasteiger partial charge is 0.507 e. The highest BCUT2D eigenvalue weighted by atomic mass is 35.5. The molecule has 6 nitrogen and oxygen atoms in total. The van der Waals surface area contributed by atoms with Gasteiger partial charge in [-0.15, -0.1) is 11.6 Å². The highest BCUT2D eigenvalue weighted by Crippen LogP contribution is 2.46. The van der Waals surface area contributed by atoms with Gasteiger partial charge in [0, 0.05) is 48.5 Å². The number of rotatable bonds is 3. The molecule has 0 aromatic rings. The second-order valence-electron chi connectivity index (χ2n) is 8.43. The zero-order valence-corrected chi connectivity index (χ0v) is 18.8. The Kier molecular flexibility index (Phi) is 6.35. The van der Waals surface area contributed by atoms with E-state index in [9.17, 15) is 23.1 Å². The molecular formula is C20H25Cl2NO5S. The van der Waals surface area contributed by atoms with E-state index in [2.05, 4.69) is 0 Å². The number of carbonyl (C=O) groups excluding carboxylic acids is 2. The first kappa shape index (κ1) is 22.5. The lowest BCUT2D eigenvalue weighted by molar-refractivity contribution is -0.125. The maximum absolute atomic E-state index is 12.4. The average Bonchev–Trinajstić information content (AvgIpc) is 2.61. The molecule has 1 aliphatic heterocycles. The van der Waals surface area contributed by atoms with Gasteiger partial charge in [-0.1, -0.05) is 31.5 Å². The van der Waals surface area contributed by atoms with Crippen LogP contribution in [0.3, 0.4) is 0 Å². The van der Waals surface area contributed by atoms with Crippen LogP contribution in [0.15, 0.2) is 34.1 Å². The van der Waals surface area contributed by atoms with E-state index in [1.165, 1.54) is 0 Å². The number of aliphatic hydroxyl groups is 1. The lowest BCUT2D eigenvalue weighted by Crippen LogP contribution is -2.49. The fraction of sp³-hybridized carbons (Fsp3) is 0.600. The minimum Gasteiger partial charge on any atom is -0.507 e. The molecule has 0 amide bonds. The molecule has 2 aliphatic carbocycles. The van der Waals surface area contributed by atoms with Gasteiger partial charge in [-0.25, -0.2) is 8.42 Å². The molecule has 0 spiro atoms. The van der Waals surface area contributed by atoms with Crippen LogP contribution in [0.4, 0.5) is 0 Å². The van der Waals surface area contributed by atoms with Crippen LogP contribution in [0.1, 0.15) is 26.7 Å². The van der Waals surface area contributed by atoms with Gasteiger partial charge in [0.05, 0.1) is 16.9 Å². The molecule has 9 heteroatoms. The van der Waals surface area contributed by atoms with Crippen molar-refractivity contribution in [3.63, 3.8) is 0 Å². The van der Waals surface area contributed by atoms with E-state index in [1.54, 1.807) is 12.2 Å². The third-order valence-corrected chi connectivity index (χ3v) is 8.80. The standard InChI is InChI=1S/C20H25Cl2NO5S/c1-12-9-14(24)17(15(25)10-12)18(26)13-3-4-16(21)20(2,19(13)22)11-23-5-7-29(27,28)8-6-23/h3-4,12,19,26H,5-11H2,1-2H3. The number of hydrogen-bond donors (Lipinski definition) is 1. The van der Waals surface area contributed by atoms with Crippen molar-refractivity contribution < 1.29 is 23.1 Å².